The van der Waals surface area contributed by atoms with Crippen molar-refractivity contribution in [2.24, 2.45) is 5.41 Å². The van der Waals surface area contributed by atoms with Gasteiger partial charge in [0.1, 0.15) is 11.6 Å². The van der Waals surface area contributed by atoms with E-state index < -0.39 is 36.4 Å². The van der Waals surface area contributed by atoms with E-state index in [4.69, 9.17) is 4.74 Å². The van der Waals surface area contributed by atoms with Gasteiger partial charge in [-0.15, -0.1) is 0 Å². The molecule has 39 heavy (non-hydrogen) atoms. The smallest absolute Gasteiger partial charge is 0.389 e. The highest BCUT2D eigenvalue weighted by molar-refractivity contribution is 5.97. The zero-order valence-electron chi connectivity index (χ0n) is 22.3. The van der Waals surface area contributed by atoms with Crippen LogP contribution in [0.15, 0.2) is 60.5 Å². The minimum absolute atomic E-state index is 0.0223. The van der Waals surface area contributed by atoms with Gasteiger partial charge in [0.15, 0.2) is 5.82 Å². The summed E-state index contributed by atoms with van der Waals surface area (Å²) in [6, 6.07) is 6.42. The van der Waals surface area contributed by atoms with E-state index in [1.807, 2.05) is 31.2 Å². The molecule has 1 aliphatic carbocycles. The summed E-state index contributed by atoms with van der Waals surface area (Å²) in [6.45, 7) is 9.34. The summed E-state index contributed by atoms with van der Waals surface area (Å²) in [5, 5.41) is 9.99. The second kappa shape index (κ2) is 11.0. The van der Waals surface area contributed by atoms with Gasteiger partial charge in [-0.2, -0.15) is 18.3 Å². The highest BCUT2D eigenvalue weighted by Gasteiger charge is 2.47. The van der Waals surface area contributed by atoms with E-state index in [0.29, 0.717) is 40.7 Å². The molecule has 0 saturated heterocycles. The Balaban J connectivity index is 1.55. The largest absolute Gasteiger partial charge is 0.494 e. The van der Waals surface area contributed by atoms with Crippen LogP contribution in [0.3, 0.4) is 0 Å². The van der Waals surface area contributed by atoms with Crippen LogP contribution >= 0.6 is 0 Å². The van der Waals surface area contributed by atoms with Crippen LogP contribution < -0.4 is 5.32 Å². The summed E-state index contributed by atoms with van der Waals surface area (Å²) in [7, 11) is 0. The van der Waals surface area contributed by atoms with Gasteiger partial charge in [0, 0.05) is 24.1 Å². The molecule has 0 fully saturated rings. The fourth-order valence-electron chi connectivity index (χ4n) is 5.05. The van der Waals surface area contributed by atoms with E-state index in [-0.39, 0.29) is 19.4 Å². The van der Waals surface area contributed by atoms with Crippen molar-refractivity contribution in [3.05, 3.63) is 83.3 Å². The van der Waals surface area contributed by atoms with Crippen molar-refractivity contribution in [3.8, 4) is 0 Å². The Bertz CT molecular complexity index is 1290. The molecule has 2 aliphatic rings. The molecule has 0 saturated carbocycles. The second-order valence-corrected chi connectivity index (χ2v) is 10.7. The van der Waals surface area contributed by atoms with Gasteiger partial charge in [-0.05, 0) is 61.8 Å². The van der Waals surface area contributed by atoms with Crippen LogP contribution in [0.2, 0.25) is 0 Å². The Morgan fingerprint density at radius 2 is 1.85 bits per heavy atom. The first-order valence-corrected chi connectivity index (χ1v) is 12.9. The van der Waals surface area contributed by atoms with Crippen molar-refractivity contribution < 1.29 is 26.7 Å². The molecule has 0 radical (unpaired) electrons. The number of H-pyrrole nitrogens is 1. The van der Waals surface area contributed by atoms with Gasteiger partial charge in [0.05, 0.1) is 12.6 Å². The summed E-state index contributed by atoms with van der Waals surface area (Å²) >= 11 is 0. The number of hydrogen-bond acceptors (Lipinski definition) is 4. The third-order valence-electron chi connectivity index (χ3n) is 6.96. The topological polar surface area (TPSA) is 62.8 Å². The van der Waals surface area contributed by atoms with E-state index in [1.165, 1.54) is 0 Å². The normalized spacial score (nSPS) is 22.1. The van der Waals surface area contributed by atoms with E-state index in [2.05, 4.69) is 27.1 Å². The third kappa shape index (κ3) is 7.16. The molecular formula is C29H33F5N4O. The summed E-state index contributed by atoms with van der Waals surface area (Å²) in [5.41, 5.74) is 2.49. The highest BCUT2D eigenvalue weighted by Crippen LogP contribution is 2.46. The summed E-state index contributed by atoms with van der Waals surface area (Å²) < 4.78 is 74.7. The minimum Gasteiger partial charge on any atom is -0.494 e. The number of aromatic amines is 1. The average molecular weight is 549 g/mol. The maximum atomic E-state index is 16.0. The van der Waals surface area contributed by atoms with Crippen molar-refractivity contribution in [2.45, 2.75) is 71.0 Å². The molecule has 1 aromatic carbocycles. The number of nitrogens with zero attached hydrogens (tertiary/aromatic N) is 2. The molecule has 1 aliphatic heterocycles. The standard InChI is InChI=1S/C29H33F5N4O/c1-18-8-10-21(11-9-18)23-15-24(35-19(2)25(23)26-36-20(3)37-38-26)28(30,31)17-27(4)12-5-7-22(16-27)39-14-6-13-29(32,33)34/h5,7-11,16,24,35H,2,6,12-15,17H2,1,3-4H3,(H,36,37,38)/t24-,27?/m1/s1. The van der Waals surface area contributed by atoms with Crippen molar-refractivity contribution >= 4 is 11.1 Å². The lowest BCUT2D eigenvalue weighted by molar-refractivity contribution is -0.137. The van der Waals surface area contributed by atoms with Crippen LogP contribution in [0, 0.1) is 19.3 Å². The first kappa shape index (κ1) is 28.6. The van der Waals surface area contributed by atoms with Gasteiger partial charge >= 0.3 is 6.18 Å². The lowest BCUT2D eigenvalue weighted by Gasteiger charge is -2.39. The fourth-order valence-corrected chi connectivity index (χ4v) is 5.05. The quantitative estimate of drug-likeness (QED) is 0.253. The fraction of sp³-hybridized carbons (Fsp3) is 0.448. The average Bonchev–Trinajstić information content (AvgIpc) is 3.26. The van der Waals surface area contributed by atoms with Crippen LogP contribution in [0.25, 0.3) is 11.1 Å². The number of benzene rings is 1. The molecule has 5 nitrogen and oxygen atoms in total. The first-order chi connectivity index (χ1) is 18.2. The van der Waals surface area contributed by atoms with Crippen molar-refractivity contribution in [1.29, 1.82) is 0 Å². The Morgan fingerprint density at radius 1 is 1.13 bits per heavy atom. The van der Waals surface area contributed by atoms with Crippen molar-refractivity contribution in [3.63, 3.8) is 0 Å². The lowest BCUT2D eigenvalue weighted by atomic mass is 9.75. The molecular weight excluding hydrogens is 515 g/mol. The van der Waals surface area contributed by atoms with Crippen LogP contribution in [0.1, 0.15) is 61.8 Å². The molecule has 0 bridgehead atoms. The molecule has 1 unspecified atom stereocenters. The Kier molecular flexibility index (Phi) is 8.04. The Labute approximate surface area is 224 Å². The number of alkyl halides is 5. The molecule has 1 aromatic heterocycles. The van der Waals surface area contributed by atoms with E-state index in [1.54, 1.807) is 32.1 Å². The lowest BCUT2D eigenvalue weighted by Crippen LogP contribution is -2.49. The SMILES string of the molecule is C=C1N[C@@H](C(F)(F)CC2(C)C=C(OCCCC(F)(F)F)C=CC2)CC(c2ccc(C)cc2)=C1c1n[nH]c(C)n1. The molecule has 2 atom stereocenters. The summed E-state index contributed by atoms with van der Waals surface area (Å²) in [6.07, 6.45) is -0.569. The molecule has 2 N–H and O–H groups in total. The maximum absolute atomic E-state index is 16.0. The molecule has 10 heteroatoms. The predicted molar refractivity (Wildman–Crippen MR) is 141 cm³/mol. The van der Waals surface area contributed by atoms with E-state index in [9.17, 15) is 13.2 Å². The van der Waals surface area contributed by atoms with Gasteiger partial charge in [-0.3, -0.25) is 5.10 Å². The van der Waals surface area contributed by atoms with Crippen molar-refractivity contribution in [1.82, 2.24) is 20.5 Å². The first-order valence-electron chi connectivity index (χ1n) is 12.9. The number of allylic oxidation sites excluding steroid dienone is 4. The van der Waals surface area contributed by atoms with E-state index >= 15 is 8.78 Å². The molecule has 0 spiro atoms. The Morgan fingerprint density at radius 3 is 2.49 bits per heavy atom. The summed E-state index contributed by atoms with van der Waals surface area (Å²) in [5.74, 6) is -1.85. The number of nitrogens with one attached hydrogen (secondary N) is 2. The number of aryl methyl sites for hydroxylation is 2. The second-order valence-electron chi connectivity index (χ2n) is 10.7. The van der Waals surface area contributed by atoms with Crippen LogP contribution in [0.4, 0.5) is 22.0 Å². The molecule has 210 valence electrons. The predicted octanol–water partition coefficient (Wildman–Crippen LogP) is 7.44. The van der Waals surface area contributed by atoms with Gasteiger partial charge < -0.3 is 10.1 Å². The van der Waals surface area contributed by atoms with Crippen molar-refractivity contribution in [2.75, 3.05) is 6.61 Å². The van der Waals surface area contributed by atoms with Crippen LogP contribution in [-0.4, -0.2) is 39.9 Å². The van der Waals surface area contributed by atoms with Gasteiger partial charge in [0.2, 0.25) is 0 Å². The molecule has 0 amide bonds. The Hall–Kier alpha value is -3.43. The monoisotopic (exact) mass is 548 g/mol. The molecule has 4 rings (SSSR count). The van der Waals surface area contributed by atoms with E-state index in [0.717, 1.165) is 11.1 Å². The zero-order chi connectivity index (χ0) is 28.4. The minimum atomic E-state index is -4.26. The summed E-state index contributed by atoms with van der Waals surface area (Å²) in [4.78, 5) is 4.42. The number of halogens is 5. The maximum Gasteiger partial charge on any atom is 0.389 e. The van der Waals surface area contributed by atoms with Gasteiger partial charge in [-0.25, -0.2) is 13.8 Å². The highest BCUT2D eigenvalue weighted by atomic mass is 19.4. The van der Waals surface area contributed by atoms with Gasteiger partial charge in [-0.1, -0.05) is 49.4 Å². The molecule has 2 heterocycles. The third-order valence-corrected chi connectivity index (χ3v) is 6.96. The molecule has 2 aromatic rings. The van der Waals surface area contributed by atoms with Crippen LogP contribution in [-0.2, 0) is 4.74 Å². The number of ether oxygens (including phenoxy) is 1. The number of aromatic nitrogens is 3. The van der Waals surface area contributed by atoms with Crippen LogP contribution in [0.5, 0.6) is 0 Å². The number of rotatable bonds is 9. The van der Waals surface area contributed by atoms with Gasteiger partial charge in [0.25, 0.3) is 5.92 Å². The zero-order valence-corrected chi connectivity index (χ0v) is 22.3. The number of hydrogen-bond donors (Lipinski definition) is 2.